The number of benzene rings is 4. The third-order valence-corrected chi connectivity index (χ3v) is 14.4. The number of rotatable bonds is 16. The van der Waals surface area contributed by atoms with Gasteiger partial charge >= 0.3 is 128 Å². The zero-order valence-electron chi connectivity index (χ0n) is 40.9. The van der Waals surface area contributed by atoms with E-state index in [9.17, 15) is 43.9 Å². The zero-order valence-corrected chi connectivity index (χ0v) is 52.1. The molecule has 0 aliphatic rings. The molecule has 0 saturated carbocycles. The van der Waals surface area contributed by atoms with Crippen molar-refractivity contribution in [1.29, 1.82) is 1.43 Å². The molecule has 0 aliphatic heterocycles. The maximum Gasteiger partial charge on any atom is 1.00 e. The molecule has 24 heteroatoms. The predicted octanol–water partition coefficient (Wildman–Crippen LogP) is 10.0. The normalized spacial score (nSPS) is 11.5. The standard InChI is InChI=1S/C29H29BrF6O3.C8H7F3O.C5H8Br4.CH2F.CH2O3.2K.2H2/c1-18-5-19(2)9-24(8-18)37-15-27(14-30,16-38-25-10-20(3)6-22(12-25)28(31,32)33)17-39-26-11-21(4)7-23(13-26)29(34,35)36;1-5-2-6(8(9,10)11)4-7(12)3-5;6-1-5(2-7,3-8)4-9;1-2;2-1-4-3;;;;/h5-13H,14-17H2,1-4H3;2-4,12H,1H3;1-4H2;1H2;1,3H;;;2*1H/q;;;-1;;2*+1;;/i;;;;;;;1+2T;1+2/hD. The van der Waals surface area contributed by atoms with Crippen LogP contribution in [0.15, 0.2) is 72.8 Å². The Labute approximate surface area is 523 Å². The van der Waals surface area contributed by atoms with Crippen LogP contribution < -0.4 is 117 Å². The summed E-state index contributed by atoms with van der Waals surface area (Å²) in [5.74, 6) is 0.230. The summed E-state index contributed by atoms with van der Waals surface area (Å²) in [5.41, 5.74) is -0.0860. The van der Waals surface area contributed by atoms with Crippen molar-refractivity contribution in [2.75, 3.05) is 46.5 Å². The minimum atomic E-state index is -4.55. The molecule has 0 spiro atoms. The number of hydrogen-bond acceptors (Lipinski definition) is 7. The van der Waals surface area contributed by atoms with Crippen molar-refractivity contribution in [1.82, 2.24) is 0 Å². The molecule has 0 radical (unpaired) electrons. The van der Waals surface area contributed by atoms with Gasteiger partial charge in [0.1, 0.15) is 42.8 Å². The van der Waals surface area contributed by atoms with Crippen molar-refractivity contribution in [3.8, 4) is 23.0 Å². The maximum absolute atomic E-state index is 13.3. The van der Waals surface area contributed by atoms with Crippen molar-refractivity contribution in [3.05, 3.63) is 124 Å². The van der Waals surface area contributed by atoms with E-state index in [1.165, 1.54) is 39.0 Å². The van der Waals surface area contributed by atoms with E-state index in [-0.39, 0.29) is 153 Å². The van der Waals surface area contributed by atoms with Crippen molar-refractivity contribution >= 4 is 86.1 Å². The number of halogens is 15. The molecule has 4 aromatic rings. The van der Waals surface area contributed by atoms with Crippen LogP contribution >= 0.6 is 79.6 Å². The Hall–Kier alpha value is 0.483. The van der Waals surface area contributed by atoms with Gasteiger partial charge in [0.15, 0.2) is 0 Å². The van der Waals surface area contributed by atoms with Crippen molar-refractivity contribution in [3.63, 3.8) is 0 Å². The molecule has 0 amide bonds. The summed E-state index contributed by atoms with van der Waals surface area (Å²) in [6.45, 7) is 8.14. The number of aromatic hydroxyl groups is 1. The van der Waals surface area contributed by atoms with Crippen LogP contribution in [0, 0.1) is 52.6 Å². The average Bonchev–Trinajstić information content (AvgIpc) is 3.28. The molecule has 4 rings (SSSR count). The smallest absolute Gasteiger partial charge is 0.508 e. The van der Waals surface area contributed by atoms with Crippen LogP contribution in [-0.4, -0.2) is 63.3 Å². The van der Waals surface area contributed by atoms with Gasteiger partial charge in [0, 0.05) is 36.5 Å². The number of ether oxygens (including phenoxy) is 3. The average molecular weight is 1370 g/mol. The number of carbonyl (C=O) groups excluding carboxylic acids is 1. The van der Waals surface area contributed by atoms with Crippen LogP contribution in [0.4, 0.5) is 43.9 Å². The molecule has 0 bridgehead atoms. The largest absolute Gasteiger partial charge is 1.00 e. The van der Waals surface area contributed by atoms with Crippen LogP contribution in [0.3, 0.4) is 0 Å². The summed E-state index contributed by atoms with van der Waals surface area (Å²) in [5, 5.41) is 16.2. The van der Waals surface area contributed by atoms with Crippen molar-refractivity contribution < 1.29 is 185 Å². The van der Waals surface area contributed by atoms with Crippen LogP contribution in [0.2, 0.25) is 0 Å². The molecular formula is C44H52Br5F10K2O7+. The quantitative estimate of drug-likeness (QED) is 0.0220. The van der Waals surface area contributed by atoms with Gasteiger partial charge in [0.2, 0.25) is 0 Å². The van der Waals surface area contributed by atoms with Crippen molar-refractivity contribution in [2.24, 2.45) is 10.8 Å². The van der Waals surface area contributed by atoms with Gasteiger partial charge in [-0.1, -0.05) is 85.7 Å². The Bertz CT molecular complexity index is 1980. The van der Waals surface area contributed by atoms with Crippen LogP contribution in [0.1, 0.15) is 48.9 Å². The van der Waals surface area contributed by atoms with Crippen molar-refractivity contribution in [2.45, 2.75) is 53.1 Å². The first kappa shape index (κ1) is 68.5. The monoisotopic (exact) mass is 1360 g/mol. The molecule has 0 aromatic heterocycles. The predicted molar refractivity (Wildman–Crippen MR) is 257 cm³/mol. The molecule has 0 atom stereocenters. The molecule has 0 aliphatic carbocycles. The summed E-state index contributed by atoms with van der Waals surface area (Å²) >= 11 is 17.3. The number of carbonyl (C=O) groups is 1. The summed E-state index contributed by atoms with van der Waals surface area (Å²) in [7, 11) is 1.75. The van der Waals surface area contributed by atoms with E-state index in [2.05, 4.69) is 89.8 Å². The maximum atomic E-state index is 13.3. The number of hydrogen-bond donors (Lipinski definition) is 2. The van der Waals surface area contributed by atoms with Gasteiger partial charge in [-0.05, 0) is 129 Å². The summed E-state index contributed by atoms with van der Waals surface area (Å²) < 4.78 is 159. The second-order valence-corrected chi connectivity index (χ2v) is 17.5. The summed E-state index contributed by atoms with van der Waals surface area (Å²) in [6, 6.07) is 15.4. The minimum Gasteiger partial charge on any atom is -0.508 e. The second kappa shape index (κ2) is 35.6. The molecule has 0 unspecified atom stereocenters. The van der Waals surface area contributed by atoms with E-state index >= 15 is 0 Å². The zero-order chi connectivity index (χ0) is 53.8. The summed E-state index contributed by atoms with van der Waals surface area (Å²) in [4.78, 5) is 12.3. The Balaban J connectivity index is -0.000000370. The molecule has 4 aromatic carbocycles. The van der Waals surface area contributed by atoms with Gasteiger partial charge in [-0.2, -0.15) is 46.7 Å². The Morgan fingerprint density at radius 1 is 0.529 bits per heavy atom. The molecule has 7 nitrogen and oxygen atoms in total. The number of aryl methyl sites for hydroxylation is 5. The van der Waals surface area contributed by atoms with E-state index in [4.69, 9.17) is 28.5 Å². The topological polar surface area (TPSA) is 94.5 Å². The Morgan fingerprint density at radius 2 is 0.809 bits per heavy atom. The molecular weight excluding hydrogens is 1310 g/mol. The molecule has 0 fully saturated rings. The van der Waals surface area contributed by atoms with E-state index in [0.717, 1.165) is 62.8 Å². The number of phenolic OH excluding ortho intramolecular Hbond substituents is 1. The van der Waals surface area contributed by atoms with Crippen LogP contribution in [0.25, 0.3) is 1.43 Å². The van der Waals surface area contributed by atoms with Gasteiger partial charge in [-0.15, -0.1) is 0 Å². The van der Waals surface area contributed by atoms with E-state index in [1.807, 2.05) is 32.0 Å². The van der Waals surface area contributed by atoms with Gasteiger partial charge in [0.25, 0.3) is 1.43 Å². The van der Waals surface area contributed by atoms with E-state index in [0.29, 0.717) is 33.9 Å². The molecule has 2 N–H and O–H groups in total. The SMILES string of the molecule is BrCC(CBr)(CBr)CBr.Cc1cc(C)cc(OCC(CBr)(COc2cc(C)cc(C(F)(F)F)c2)COc2cc(C)cc(C(F)(F)F)c2)c1.Cc1cc(O)cc(C(F)(F)F)c1.[2H]OOC=O.[3HH].[3H][3H].[CH2-]F.[K+].[K+]. The number of phenols is 1. The third-order valence-electron chi connectivity index (χ3n) is 8.43. The number of alkyl halides is 14. The summed E-state index contributed by atoms with van der Waals surface area (Å²) in [6.07, 6.45) is -13.5. The van der Waals surface area contributed by atoms with Gasteiger partial charge in [0.05, 0.1) is 22.1 Å². The molecule has 0 saturated heterocycles. The van der Waals surface area contributed by atoms with E-state index < -0.39 is 40.6 Å². The second-order valence-electron chi connectivity index (χ2n) is 14.7. The Morgan fingerprint density at radius 3 is 1.04 bits per heavy atom. The molecule has 68 heavy (non-hydrogen) atoms. The molecule has 376 valence electrons. The minimum absolute atomic E-state index is 0. The van der Waals surface area contributed by atoms with E-state index in [1.54, 1.807) is 7.18 Å². The fourth-order valence-electron chi connectivity index (χ4n) is 5.10. The first-order chi connectivity index (χ1) is 32.1. The van der Waals surface area contributed by atoms with Gasteiger partial charge < -0.3 is 28.6 Å². The molecule has 0 heterocycles. The Kier molecular flexibility index (Phi) is 35.9. The fraction of sp³-hybridized carbons (Fsp3) is 0.409. The van der Waals surface area contributed by atoms with Crippen LogP contribution in [0.5, 0.6) is 23.0 Å². The fourth-order valence-corrected chi connectivity index (χ4v) is 11.2. The first-order valence-corrected chi connectivity index (χ1v) is 24.3. The first-order valence-electron chi connectivity index (χ1n) is 20.1. The van der Waals surface area contributed by atoms with Gasteiger partial charge in [-0.25, -0.2) is 5.26 Å². The third kappa shape index (κ3) is 28.2. The van der Waals surface area contributed by atoms with Crippen LogP contribution in [-0.2, 0) is 28.2 Å². The van der Waals surface area contributed by atoms with Gasteiger partial charge in [-0.3, -0.25) is 4.79 Å².